The molecule has 1 atom stereocenters. The van der Waals surface area contributed by atoms with Crippen LogP contribution in [0.5, 0.6) is 11.5 Å². The second-order valence-corrected chi connectivity index (χ2v) is 12.4. The summed E-state index contributed by atoms with van der Waals surface area (Å²) in [5.41, 5.74) is 3.42. The number of aromatic nitrogens is 1. The van der Waals surface area contributed by atoms with E-state index in [1.807, 2.05) is 37.3 Å². The lowest BCUT2D eigenvalue weighted by atomic mass is 9.93. The summed E-state index contributed by atoms with van der Waals surface area (Å²) in [6.07, 6.45) is 3.05. The summed E-state index contributed by atoms with van der Waals surface area (Å²) in [7, 11) is 1.53. The molecule has 3 aromatic carbocycles. The number of benzene rings is 3. The lowest BCUT2D eigenvalue weighted by Gasteiger charge is -2.27. The maximum Gasteiger partial charge on any atom is 0.338 e. The number of ether oxygens (including phenoxy) is 3. The van der Waals surface area contributed by atoms with E-state index >= 15 is 0 Å². The number of fused-ring (bicyclic) bond motifs is 1. The minimum Gasteiger partial charge on any atom is -0.496 e. The zero-order chi connectivity index (χ0) is 32.1. The third-order valence-electron chi connectivity index (χ3n) is 7.11. The molecule has 0 amide bonds. The van der Waals surface area contributed by atoms with Crippen molar-refractivity contribution in [1.82, 2.24) is 4.57 Å². The number of halogens is 2. The van der Waals surface area contributed by atoms with E-state index in [0.29, 0.717) is 65.8 Å². The Kier molecular flexibility index (Phi) is 10.2. The number of allylic oxidation sites excluding steroid dienone is 1. The molecule has 4 aromatic rings. The molecule has 11 heteroatoms. The maximum absolute atomic E-state index is 14.1. The molecule has 1 aromatic heterocycles. The maximum atomic E-state index is 14.1. The smallest absolute Gasteiger partial charge is 0.338 e. The van der Waals surface area contributed by atoms with E-state index in [1.165, 1.54) is 23.0 Å². The van der Waals surface area contributed by atoms with Gasteiger partial charge < -0.3 is 14.2 Å². The number of hydrogen-bond donors (Lipinski definition) is 0. The van der Waals surface area contributed by atoms with Gasteiger partial charge in [-0.2, -0.15) is 5.26 Å². The standard InChI is InChI=1S/C34H29BrClN3O5S/c1-4-6-26-30(33(41)43-5-2)31(24-17-23(36)12-14-27(24)42-3)39-32(40)29(45-34(39)38-26)16-22-11-13-28(25(35)15-22)44-19-21-9-7-20(18-37)8-10-21/h7-17,31H,4-6,19H2,1-3H3/b29-16+/t31-/m1/s1. The van der Waals surface area contributed by atoms with Crippen LogP contribution in [0.2, 0.25) is 5.02 Å². The van der Waals surface area contributed by atoms with E-state index in [2.05, 4.69) is 22.0 Å². The van der Waals surface area contributed by atoms with Crippen LogP contribution in [0.1, 0.15) is 55.0 Å². The van der Waals surface area contributed by atoms with Crippen LogP contribution in [-0.2, 0) is 16.1 Å². The highest BCUT2D eigenvalue weighted by Gasteiger charge is 2.36. The predicted molar refractivity (Wildman–Crippen MR) is 177 cm³/mol. The second kappa shape index (κ2) is 14.3. The van der Waals surface area contributed by atoms with Gasteiger partial charge in [-0.1, -0.05) is 54.5 Å². The Morgan fingerprint density at radius 3 is 2.56 bits per heavy atom. The summed E-state index contributed by atoms with van der Waals surface area (Å²) < 4.78 is 19.8. The number of esters is 1. The molecule has 2 heterocycles. The van der Waals surface area contributed by atoms with E-state index in [9.17, 15) is 9.59 Å². The number of thiazole rings is 1. The van der Waals surface area contributed by atoms with Gasteiger partial charge in [-0.25, -0.2) is 9.79 Å². The van der Waals surface area contributed by atoms with Crippen molar-refractivity contribution in [3.05, 3.63) is 123 Å². The summed E-state index contributed by atoms with van der Waals surface area (Å²) in [6.45, 7) is 4.25. The van der Waals surface area contributed by atoms with Gasteiger partial charge in [0.1, 0.15) is 24.1 Å². The largest absolute Gasteiger partial charge is 0.496 e. The lowest BCUT2D eigenvalue weighted by Crippen LogP contribution is -2.40. The predicted octanol–water partition coefficient (Wildman–Crippen LogP) is 6.45. The zero-order valence-corrected chi connectivity index (χ0v) is 28.0. The van der Waals surface area contributed by atoms with Gasteiger partial charge in [0, 0.05) is 10.6 Å². The van der Waals surface area contributed by atoms with Crippen molar-refractivity contribution in [2.75, 3.05) is 13.7 Å². The Balaban J connectivity index is 1.58. The molecule has 0 saturated heterocycles. The minimum atomic E-state index is -0.845. The van der Waals surface area contributed by atoms with Crippen LogP contribution in [0.3, 0.4) is 0 Å². The molecule has 0 radical (unpaired) electrons. The molecule has 1 aliphatic heterocycles. The molecule has 0 bridgehead atoms. The summed E-state index contributed by atoms with van der Waals surface area (Å²) in [6, 6.07) is 19.2. The molecule has 0 saturated carbocycles. The minimum absolute atomic E-state index is 0.174. The molecule has 8 nitrogen and oxygen atoms in total. The molecule has 0 unspecified atom stereocenters. The van der Waals surface area contributed by atoms with E-state index in [1.54, 1.807) is 43.3 Å². The molecule has 5 rings (SSSR count). The molecular formula is C34H29BrClN3O5S. The van der Waals surface area contributed by atoms with Crippen LogP contribution >= 0.6 is 38.9 Å². The highest BCUT2D eigenvalue weighted by molar-refractivity contribution is 9.10. The number of methoxy groups -OCH3 is 1. The molecule has 230 valence electrons. The molecule has 0 aliphatic carbocycles. The fourth-order valence-corrected chi connectivity index (χ4v) is 6.76. The van der Waals surface area contributed by atoms with Gasteiger partial charge in [-0.15, -0.1) is 0 Å². The molecule has 0 fully saturated rings. The van der Waals surface area contributed by atoms with Crippen molar-refractivity contribution in [3.8, 4) is 17.6 Å². The lowest BCUT2D eigenvalue weighted by molar-refractivity contribution is -0.139. The van der Waals surface area contributed by atoms with Crippen LogP contribution < -0.4 is 24.4 Å². The Hall–Kier alpha value is -4.17. The van der Waals surface area contributed by atoms with Crippen molar-refractivity contribution in [2.45, 2.75) is 39.3 Å². The number of hydrogen-bond acceptors (Lipinski definition) is 8. The van der Waals surface area contributed by atoms with E-state index in [0.717, 1.165) is 17.5 Å². The van der Waals surface area contributed by atoms with Crippen LogP contribution in [0.25, 0.3) is 6.08 Å². The Bertz CT molecular complexity index is 2010. The van der Waals surface area contributed by atoms with E-state index in [-0.39, 0.29) is 12.2 Å². The topological polar surface area (TPSA) is 103 Å². The molecule has 45 heavy (non-hydrogen) atoms. The first-order chi connectivity index (χ1) is 21.8. The first kappa shape index (κ1) is 32.2. The van der Waals surface area contributed by atoms with Gasteiger partial charge in [-0.3, -0.25) is 9.36 Å². The molecule has 1 aliphatic rings. The van der Waals surface area contributed by atoms with Crippen LogP contribution in [0.4, 0.5) is 0 Å². The van der Waals surface area contributed by atoms with Crippen LogP contribution in [-0.4, -0.2) is 24.3 Å². The summed E-state index contributed by atoms with van der Waals surface area (Å²) >= 11 is 11.3. The van der Waals surface area contributed by atoms with Crippen molar-refractivity contribution >= 4 is 50.9 Å². The third-order valence-corrected chi connectivity index (χ3v) is 8.95. The molecule has 0 N–H and O–H groups in total. The Labute approximate surface area is 277 Å². The number of carbonyl (C=O) groups excluding carboxylic acids is 1. The third kappa shape index (κ3) is 6.91. The van der Waals surface area contributed by atoms with Crippen LogP contribution in [0.15, 0.2) is 86.2 Å². The second-order valence-electron chi connectivity index (χ2n) is 10.1. The first-order valence-electron chi connectivity index (χ1n) is 14.2. The number of nitrogens with zero attached hydrogens (tertiary/aromatic N) is 3. The molecule has 0 spiro atoms. The summed E-state index contributed by atoms with van der Waals surface area (Å²) in [4.78, 5) is 32.8. The summed E-state index contributed by atoms with van der Waals surface area (Å²) in [5.74, 6) is 0.583. The van der Waals surface area contributed by atoms with E-state index in [4.69, 9.17) is 36.1 Å². The van der Waals surface area contributed by atoms with Crippen LogP contribution in [0, 0.1) is 11.3 Å². The average Bonchev–Trinajstić information content (AvgIpc) is 3.34. The van der Waals surface area contributed by atoms with Gasteiger partial charge in [0.15, 0.2) is 4.80 Å². The Morgan fingerprint density at radius 1 is 1.13 bits per heavy atom. The molecular weight excluding hydrogens is 678 g/mol. The fourth-order valence-electron chi connectivity index (χ4n) is 5.05. The van der Waals surface area contributed by atoms with Crippen molar-refractivity contribution < 1.29 is 19.0 Å². The van der Waals surface area contributed by atoms with Gasteiger partial charge in [0.05, 0.1) is 45.6 Å². The Morgan fingerprint density at radius 2 is 1.89 bits per heavy atom. The normalized spacial score (nSPS) is 14.4. The van der Waals surface area contributed by atoms with Crippen molar-refractivity contribution in [3.63, 3.8) is 0 Å². The van der Waals surface area contributed by atoms with Gasteiger partial charge in [0.2, 0.25) is 0 Å². The van der Waals surface area contributed by atoms with Gasteiger partial charge >= 0.3 is 5.97 Å². The average molecular weight is 707 g/mol. The first-order valence-corrected chi connectivity index (χ1v) is 16.2. The highest BCUT2D eigenvalue weighted by atomic mass is 79.9. The monoisotopic (exact) mass is 705 g/mol. The van der Waals surface area contributed by atoms with E-state index < -0.39 is 12.0 Å². The van der Waals surface area contributed by atoms with Gasteiger partial charge in [-0.05, 0) is 88.9 Å². The summed E-state index contributed by atoms with van der Waals surface area (Å²) in [5, 5.41) is 9.45. The highest BCUT2D eigenvalue weighted by Crippen LogP contribution is 2.38. The van der Waals surface area contributed by atoms with Crippen molar-refractivity contribution in [2.24, 2.45) is 4.99 Å². The number of nitriles is 1. The SMILES string of the molecule is CCCC1=C(C(=O)OCC)[C@@H](c2cc(Cl)ccc2OC)n2c(s/c(=C/c3ccc(OCc4ccc(C#N)cc4)c(Br)c3)c2=O)=N1. The zero-order valence-electron chi connectivity index (χ0n) is 24.8. The van der Waals surface area contributed by atoms with Crippen molar-refractivity contribution in [1.29, 1.82) is 5.26 Å². The quantitative estimate of drug-likeness (QED) is 0.176. The number of carbonyl (C=O) groups is 1. The number of rotatable bonds is 10. The van der Waals surface area contributed by atoms with Gasteiger partial charge in [0.25, 0.3) is 5.56 Å². The fraction of sp³-hybridized carbons (Fsp3) is 0.235.